The van der Waals surface area contributed by atoms with Crippen molar-refractivity contribution in [3.8, 4) is 101 Å². The van der Waals surface area contributed by atoms with Crippen LogP contribution in [0.25, 0.3) is 161 Å². The van der Waals surface area contributed by atoms with E-state index < -0.39 is 0 Å². The largest absolute Gasteiger partial charge is 0.309 e. The molecule has 0 spiro atoms. The van der Waals surface area contributed by atoms with Crippen molar-refractivity contribution in [3.63, 3.8) is 0 Å². The summed E-state index contributed by atoms with van der Waals surface area (Å²) in [6.45, 7) is 10.9. The Labute approximate surface area is 546 Å². The highest BCUT2D eigenvalue weighted by Crippen LogP contribution is 2.55. The number of pyridine rings is 1. The molecule has 94 heavy (non-hydrogen) atoms. The molecule has 0 fully saturated rings. The van der Waals surface area contributed by atoms with Crippen molar-refractivity contribution >= 4 is 65.4 Å². The van der Waals surface area contributed by atoms with E-state index in [1.165, 1.54) is 49.0 Å². The van der Waals surface area contributed by atoms with Crippen molar-refractivity contribution in [1.82, 2.24) is 18.7 Å². The van der Waals surface area contributed by atoms with Crippen LogP contribution in [0, 0.1) is 45.9 Å². The molecule has 5 heteroatoms. The Morgan fingerprint density at radius 2 is 0.638 bits per heavy atom. The van der Waals surface area contributed by atoms with Gasteiger partial charge in [-0.3, -0.25) is 0 Å². The SMILES string of the molecule is Cc1ccc2c(c1)c1ccccc1n2-c1ccc(-c2c(-c3ccc(-c4ccccc4)nc3-c3ccccc3)c(C#N)c(-c3c(C)cccc3C)c(-c3ccc(-n4c5ccccc5c5cc(C)ccc54)cc3)c2-c2ccc(-n3c4ccccc4c4cc(C)ccc43)cc2)cc1. The zero-order chi connectivity index (χ0) is 63.3. The van der Waals surface area contributed by atoms with Crippen LogP contribution in [0.4, 0.5) is 0 Å². The number of benzene rings is 13. The molecule has 4 aromatic heterocycles. The Kier molecular flexibility index (Phi) is 13.3. The monoisotopic (exact) mass is 1200 g/mol. The molecule has 444 valence electrons. The van der Waals surface area contributed by atoms with Crippen LogP contribution in [0.3, 0.4) is 0 Å². The molecule has 0 aliphatic rings. The summed E-state index contributed by atoms with van der Waals surface area (Å²) in [5.41, 5.74) is 29.4. The smallest absolute Gasteiger partial charge is 0.100 e. The van der Waals surface area contributed by atoms with E-state index >= 15 is 0 Å². The first-order chi connectivity index (χ1) is 46.2. The molecule has 17 rings (SSSR count). The highest BCUT2D eigenvalue weighted by molar-refractivity contribution is 6.15. The average molecular weight is 1200 g/mol. The summed E-state index contributed by atoms with van der Waals surface area (Å²) in [6, 6.07) is 109. The summed E-state index contributed by atoms with van der Waals surface area (Å²) in [5.74, 6) is 0. The van der Waals surface area contributed by atoms with Crippen molar-refractivity contribution < 1.29 is 0 Å². The van der Waals surface area contributed by atoms with Crippen molar-refractivity contribution in [2.75, 3.05) is 0 Å². The van der Waals surface area contributed by atoms with Gasteiger partial charge in [0.2, 0.25) is 0 Å². The van der Waals surface area contributed by atoms with Gasteiger partial charge in [0, 0.05) is 77.2 Å². The Morgan fingerprint density at radius 1 is 0.277 bits per heavy atom. The first-order valence-corrected chi connectivity index (χ1v) is 32.3. The second kappa shape index (κ2) is 22.4. The maximum atomic E-state index is 12.7. The van der Waals surface area contributed by atoms with Crippen LogP contribution in [-0.4, -0.2) is 18.7 Å². The van der Waals surface area contributed by atoms with E-state index in [9.17, 15) is 5.26 Å². The van der Waals surface area contributed by atoms with E-state index in [4.69, 9.17) is 4.98 Å². The lowest BCUT2D eigenvalue weighted by molar-refractivity contribution is 1.18. The molecule has 17 aromatic rings. The lowest BCUT2D eigenvalue weighted by Gasteiger charge is -2.28. The Balaban J connectivity index is 1.02. The molecule has 4 heterocycles. The molecule has 0 unspecified atom stereocenters. The molecule has 5 nitrogen and oxygen atoms in total. The molecular formula is C89H63N5. The zero-order valence-corrected chi connectivity index (χ0v) is 52.9. The Bertz CT molecular complexity index is 5920. The highest BCUT2D eigenvalue weighted by atomic mass is 15.0. The van der Waals surface area contributed by atoms with Crippen LogP contribution in [0.15, 0.2) is 291 Å². The van der Waals surface area contributed by atoms with Gasteiger partial charge < -0.3 is 13.7 Å². The second-order valence-corrected chi connectivity index (χ2v) is 25.2. The fourth-order valence-electron chi connectivity index (χ4n) is 15.1. The summed E-state index contributed by atoms with van der Waals surface area (Å²) in [7, 11) is 0. The van der Waals surface area contributed by atoms with E-state index in [1.54, 1.807) is 0 Å². The summed E-state index contributed by atoms with van der Waals surface area (Å²) in [4.78, 5) is 5.69. The average Bonchev–Trinajstić information content (AvgIpc) is 1.08. The molecule has 0 N–H and O–H groups in total. The topological polar surface area (TPSA) is 51.5 Å². The fraction of sp³-hybridized carbons (Fsp3) is 0.0562. The third kappa shape index (κ3) is 9.01. The summed E-state index contributed by atoms with van der Waals surface area (Å²) in [6.07, 6.45) is 0. The number of nitriles is 1. The number of para-hydroxylation sites is 3. The number of nitrogens with zero attached hydrogens (tertiary/aromatic N) is 5. The molecule has 0 aliphatic heterocycles. The van der Waals surface area contributed by atoms with E-state index in [0.29, 0.717) is 5.56 Å². The van der Waals surface area contributed by atoms with Crippen molar-refractivity contribution in [2.45, 2.75) is 34.6 Å². The van der Waals surface area contributed by atoms with E-state index in [-0.39, 0.29) is 0 Å². The van der Waals surface area contributed by atoms with Crippen LogP contribution in [-0.2, 0) is 0 Å². The first kappa shape index (κ1) is 55.9. The van der Waals surface area contributed by atoms with Crippen molar-refractivity contribution in [1.29, 1.82) is 5.26 Å². The number of rotatable bonds is 10. The molecule has 0 atom stereocenters. The third-order valence-electron chi connectivity index (χ3n) is 19.4. The molecule has 0 amide bonds. The predicted molar refractivity (Wildman–Crippen MR) is 394 cm³/mol. The van der Waals surface area contributed by atoms with Gasteiger partial charge in [-0.25, -0.2) is 4.98 Å². The van der Waals surface area contributed by atoms with E-state index in [1.807, 2.05) is 6.07 Å². The van der Waals surface area contributed by atoms with Gasteiger partial charge in [0.25, 0.3) is 0 Å². The van der Waals surface area contributed by atoms with Gasteiger partial charge in [-0.15, -0.1) is 0 Å². The first-order valence-electron chi connectivity index (χ1n) is 32.3. The standard InChI is InChI=1S/C89H63N5/c1-55-31-48-80-72(51-55)68-25-12-15-28-77(68)92(80)65-40-34-61(35-41-65)84-85(62-36-42-66(43-37-62)93-78-29-16-13-26-69(78)73-52-56(2)32-49-81(73)93)87(71-46-47-76(60-21-8-6-9-22-60)91-89(71)64-23-10-7-11-24-64)75(54-90)88(83-58(4)19-18-20-59(83)5)86(84)63-38-44-67(45-39-63)94-79-30-17-14-27-70(79)74-53-57(3)33-50-82(74)94/h6-53H,1-5H3. The molecule has 13 aromatic carbocycles. The van der Waals surface area contributed by atoms with E-state index in [0.717, 1.165) is 139 Å². The zero-order valence-electron chi connectivity index (χ0n) is 52.9. The van der Waals surface area contributed by atoms with Crippen LogP contribution in [0.2, 0.25) is 0 Å². The number of fused-ring (bicyclic) bond motifs is 9. The summed E-state index contributed by atoms with van der Waals surface area (Å²) < 4.78 is 7.18. The predicted octanol–water partition coefficient (Wildman–Crippen LogP) is 23.5. The summed E-state index contributed by atoms with van der Waals surface area (Å²) in [5, 5.41) is 20.0. The lowest BCUT2D eigenvalue weighted by Crippen LogP contribution is -2.05. The number of aromatic nitrogens is 4. The Morgan fingerprint density at radius 3 is 1.05 bits per heavy atom. The molecular weight excluding hydrogens is 1140 g/mol. The van der Waals surface area contributed by atoms with Gasteiger partial charge in [-0.1, -0.05) is 205 Å². The lowest BCUT2D eigenvalue weighted by atomic mass is 9.74. The molecule has 0 bridgehead atoms. The Hall–Kier alpha value is -12.1. The van der Waals surface area contributed by atoms with E-state index in [2.05, 4.69) is 340 Å². The van der Waals surface area contributed by atoms with Gasteiger partial charge in [0.1, 0.15) is 6.07 Å². The van der Waals surface area contributed by atoms with Gasteiger partial charge in [-0.05, 0) is 188 Å². The molecule has 0 saturated heterocycles. The minimum absolute atomic E-state index is 0.568. The van der Waals surface area contributed by atoms with Crippen molar-refractivity contribution in [3.05, 3.63) is 325 Å². The minimum Gasteiger partial charge on any atom is -0.309 e. The van der Waals surface area contributed by atoms with Crippen molar-refractivity contribution in [2.24, 2.45) is 0 Å². The van der Waals surface area contributed by atoms with Gasteiger partial charge in [0.15, 0.2) is 0 Å². The normalized spacial score (nSPS) is 11.7. The third-order valence-corrected chi connectivity index (χ3v) is 19.4. The van der Waals surface area contributed by atoms with Gasteiger partial charge in [0.05, 0.1) is 50.1 Å². The molecule has 0 aliphatic carbocycles. The maximum absolute atomic E-state index is 12.7. The highest BCUT2D eigenvalue weighted by Gasteiger charge is 2.32. The van der Waals surface area contributed by atoms with Crippen LogP contribution >= 0.6 is 0 Å². The second-order valence-electron chi connectivity index (χ2n) is 25.2. The molecule has 0 radical (unpaired) electrons. The van der Waals surface area contributed by atoms with Gasteiger partial charge >= 0.3 is 0 Å². The summed E-state index contributed by atoms with van der Waals surface area (Å²) >= 11 is 0. The van der Waals surface area contributed by atoms with Gasteiger partial charge in [-0.2, -0.15) is 5.26 Å². The number of hydrogen-bond donors (Lipinski definition) is 0. The van der Waals surface area contributed by atoms with Crippen LogP contribution in [0.5, 0.6) is 0 Å². The molecule has 0 saturated carbocycles. The quantitative estimate of drug-likeness (QED) is 0.137. The number of aryl methyl sites for hydroxylation is 5. The maximum Gasteiger partial charge on any atom is 0.100 e. The number of hydrogen-bond acceptors (Lipinski definition) is 2. The minimum atomic E-state index is 0.568. The fourth-order valence-corrected chi connectivity index (χ4v) is 15.1. The van der Waals surface area contributed by atoms with Crippen LogP contribution < -0.4 is 0 Å². The van der Waals surface area contributed by atoms with Crippen LogP contribution in [0.1, 0.15) is 33.4 Å².